The van der Waals surface area contributed by atoms with E-state index in [2.05, 4.69) is 57.0 Å². The maximum absolute atomic E-state index is 4.68. The van der Waals surface area contributed by atoms with Crippen LogP contribution < -0.4 is 4.90 Å². The van der Waals surface area contributed by atoms with Crippen LogP contribution in [0.5, 0.6) is 0 Å². The van der Waals surface area contributed by atoms with E-state index in [-0.39, 0.29) is 0 Å². The maximum atomic E-state index is 4.68. The van der Waals surface area contributed by atoms with Crippen molar-refractivity contribution in [1.82, 2.24) is 19.8 Å². The van der Waals surface area contributed by atoms with E-state index in [0.717, 1.165) is 62.8 Å². The molecule has 0 aliphatic carbocycles. The van der Waals surface area contributed by atoms with Crippen molar-refractivity contribution in [2.45, 2.75) is 13.0 Å². The second kappa shape index (κ2) is 6.49. The molecular weight excluding hydrogens is 298 g/mol. The van der Waals surface area contributed by atoms with E-state index in [0.29, 0.717) is 0 Å². The minimum Gasteiger partial charge on any atom is -0.359 e. The SMILES string of the molecule is CN1CCN(Cc2ccc(-c3cnc4c(c3)CCN4C)nc2)CC1. The molecule has 0 saturated carbocycles. The van der Waals surface area contributed by atoms with Crippen LogP contribution in [0.25, 0.3) is 11.3 Å². The molecule has 0 amide bonds. The highest BCUT2D eigenvalue weighted by Gasteiger charge is 2.18. The van der Waals surface area contributed by atoms with Gasteiger partial charge in [0, 0.05) is 64.3 Å². The van der Waals surface area contributed by atoms with Crippen LogP contribution >= 0.6 is 0 Å². The molecule has 0 aromatic carbocycles. The first-order valence-corrected chi connectivity index (χ1v) is 8.75. The average molecular weight is 323 g/mol. The minimum absolute atomic E-state index is 0.994. The van der Waals surface area contributed by atoms with Gasteiger partial charge >= 0.3 is 0 Å². The van der Waals surface area contributed by atoms with Crippen LogP contribution in [-0.2, 0) is 13.0 Å². The lowest BCUT2D eigenvalue weighted by atomic mass is 10.1. The number of fused-ring (bicyclic) bond motifs is 1. The number of likely N-dealkylation sites (N-methyl/N-ethyl adjacent to an activating group) is 2. The highest BCUT2D eigenvalue weighted by Crippen LogP contribution is 2.28. The third-order valence-corrected chi connectivity index (χ3v) is 5.14. The van der Waals surface area contributed by atoms with Crippen molar-refractivity contribution in [3.63, 3.8) is 0 Å². The number of pyridine rings is 2. The number of anilines is 1. The Hall–Kier alpha value is -1.98. The Kier molecular flexibility index (Phi) is 4.21. The third kappa shape index (κ3) is 3.14. The molecule has 2 aliphatic rings. The second-order valence-electron chi connectivity index (χ2n) is 7.01. The zero-order valence-electron chi connectivity index (χ0n) is 14.6. The van der Waals surface area contributed by atoms with Gasteiger partial charge in [0.05, 0.1) is 5.69 Å². The van der Waals surface area contributed by atoms with Crippen LogP contribution in [0.2, 0.25) is 0 Å². The fraction of sp³-hybridized carbons (Fsp3) is 0.474. The van der Waals surface area contributed by atoms with E-state index in [1.165, 1.54) is 11.1 Å². The zero-order valence-corrected chi connectivity index (χ0v) is 14.6. The van der Waals surface area contributed by atoms with Gasteiger partial charge in [-0.05, 0) is 36.7 Å². The van der Waals surface area contributed by atoms with Crippen LogP contribution in [0, 0.1) is 0 Å². The van der Waals surface area contributed by atoms with E-state index in [4.69, 9.17) is 0 Å². The minimum atomic E-state index is 0.994. The molecular formula is C19H25N5. The zero-order chi connectivity index (χ0) is 16.5. The number of hydrogen-bond acceptors (Lipinski definition) is 5. The molecule has 4 rings (SSSR count). The molecule has 0 spiro atoms. The van der Waals surface area contributed by atoms with Gasteiger partial charge in [0.15, 0.2) is 0 Å². The number of aromatic nitrogens is 2. The molecule has 0 bridgehead atoms. The normalized spacial score (nSPS) is 18.8. The number of rotatable bonds is 3. The van der Waals surface area contributed by atoms with E-state index in [9.17, 15) is 0 Å². The van der Waals surface area contributed by atoms with Crippen molar-refractivity contribution in [3.05, 3.63) is 41.7 Å². The van der Waals surface area contributed by atoms with Crippen molar-refractivity contribution in [2.24, 2.45) is 0 Å². The molecule has 5 heteroatoms. The summed E-state index contributed by atoms with van der Waals surface area (Å²) in [5.41, 5.74) is 4.76. The lowest BCUT2D eigenvalue weighted by Crippen LogP contribution is -2.43. The molecule has 2 aliphatic heterocycles. The summed E-state index contributed by atoms with van der Waals surface area (Å²) in [6.45, 7) is 6.64. The van der Waals surface area contributed by atoms with Crippen molar-refractivity contribution < 1.29 is 0 Å². The fourth-order valence-electron chi connectivity index (χ4n) is 3.52. The topological polar surface area (TPSA) is 35.5 Å². The van der Waals surface area contributed by atoms with Gasteiger partial charge in [-0.1, -0.05) is 6.07 Å². The third-order valence-electron chi connectivity index (χ3n) is 5.14. The fourth-order valence-corrected chi connectivity index (χ4v) is 3.52. The first-order chi connectivity index (χ1) is 11.7. The van der Waals surface area contributed by atoms with Gasteiger partial charge in [-0.25, -0.2) is 4.98 Å². The number of piperazine rings is 1. The first-order valence-electron chi connectivity index (χ1n) is 8.75. The quantitative estimate of drug-likeness (QED) is 0.862. The van der Waals surface area contributed by atoms with Gasteiger partial charge in [0.25, 0.3) is 0 Å². The molecule has 126 valence electrons. The first kappa shape index (κ1) is 15.5. The van der Waals surface area contributed by atoms with Gasteiger partial charge in [-0.3, -0.25) is 9.88 Å². The van der Waals surface area contributed by atoms with E-state index >= 15 is 0 Å². The predicted molar refractivity (Wildman–Crippen MR) is 97.2 cm³/mol. The van der Waals surface area contributed by atoms with Gasteiger partial charge in [0.1, 0.15) is 5.82 Å². The smallest absolute Gasteiger partial charge is 0.131 e. The average Bonchev–Trinajstić information content (AvgIpc) is 2.98. The molecule has 1 fully saturated rings. The summed E-state index contributed by atoms with van der Waals surface area (Å²) in [6, 6.07) is 6.59. The van der Waals surface area contributed by atoms with E-state index < -0.39 is 0 Å². The Bertz CT molecular complexity index is 704. The second-order valence-corrected chi connectivity index (χ2v) is 7.01. The summed E-state index contributed by atoms with van der Waals surface area (Å²) in [5.74, 6) is 1.12. The molecule has 4 heterocycles. The largest absolute Gasteiger partial charge is 0.359 e. The van der Waals surface area contributed by atoms with Crippen molar-refractivity contribution in [2.75, 3.05) is 51.7 Å². The molecule has 2 aromatic rings. The Morgan fingerprint density at radius 3 is 2.54 bits per heavy atom. The highest BCUT2D eigenvalue weighted by molar-refractivity contribution is 5.64. The van der Waals surface area contributed by atoms with Crippen molar-refractivity contribution in [1.29, 1.82) is 0 Å². The van der Waals surface area contributed by atoms with Gasteiger partial charge in [0.2, 0.25) is 0 Å². The van der Waals surface area contributed by atoms with E-state index in [1.54, 1.807) is 0 Å². The van der Waals surface area contributed by atoms with Crippen LogP contribution in [0.4, 0.5) is 5.82 Å². The Labute approximate surface area is 143 Å². The van der Waals surface area contributed by atoms with Crippen LogP contribution in [0.15, 0.2) is 30.6 Å². The van der Waals surface area contributed by atoms with Crippen LogP contribution in [-0.4, -0.2) is 66.6 Å². The molecule has 0 radical (unpaired) electrons. The van der Waals surface area contributed by atoms with Crippen molar-refractivity contribution >= 4 is 5.82 Å². The predicted octanol–water partition coefficient (Wildman–Crippen LogP) is 1.88. The summed E-state index contributed by atoms with van der Waals surface area (Å²) in [6.07, 6.45) is 5.05. The summed E-state index contributed by atoms with van der Waals surface area (Å²) >= 11 is 0. The number of nitrogens with zero attached hydrogens (tertiary/aromatic N) is 5. The van der Waals surface area contributed by atoms with Gasteiger partial charge < -0.3 is 9.80 Å². The standard InChI is InChI=1S/C19H25N5/c1-22-7-9-24(10-8-22)14-15-3-4-18(20-12-15)17-11-16-5-6-23(2)19(16)21-13-17/h3-4,11-13H,5-10,14H2,1-2H3. The Balaban J connectivity index is 1.46. The molecule has 0 N–H and O–H groups in total. The molecule has 0 atom stereocenters. The van der Waals surface area contributed by atoms with Crippen molar-refractivity contribution in [3.8, 4) is 11.3 Å². The van der Waals surface area contributed by atoms with Gasteiger partial charge in [-0.2, -0.15) is 0 Å². The van der Waals surface area contributed by atoms with E-state index in [1.807, 2.05) is 12.4 Å². The molecule has 24 heavy (non-hydrogen) atoms. The highest BCUT2D eigenvalue weighted by atomic mass is 15.2. The summed E-state index contributed by atoms with van der Waals surface area (Å²) in [7, 11) is 4.29. The number of hydrogen-bond donors (Lipinski definition) is 0. The maximum Gasteiger partial charge on any atom is 0.131 e. The molecule has 1 saturated heterocycles. The van der Waals surface area contributed by atoms with Crippen LogP contribution in [0.1, 0.15) is 11.1 Å². The van der Waals surface area contributed by atoms with Gasteiger partial charge in [-0.15, -0.1) is 0 Å². The Morgan fingerprint density at radius 1 is 0.958 bits per heavy atom. The lowest BCUT2D eigenvalue weighted by molar-refractivity contribution is 0.148. The molecule has 2 aromatic heterocycles. The molecule has 0 unspecified atom stereocenters. The lowest BCUT2D eigenvalue weighted by Gasteiger charge is -2.32. The van der Waals surface area contributed by atoms with Crippen LogP contribution in [0.3, 0.4) is 0 Å². The summed E-state index contributed by atoms with van der Waals surface area (Å²) < 4.78 is 0. The Morgan fingerprint density at radius 2 is 1.79 bits per heavy atom. The monoisotopic (exact) mass is 323 g/mol. The molecule has 5 nitrogen and oxygen atoms in total. The summed E-state index contributed by atoms with van der Waals surface area (Å²) in [4.78, 5) is 16.4. The summed E-state index contributed by atoms with van der Waals surface area (Å²) in [5, 5.41) is 0.